The molecule has 3 aliphatic rings. The van der Waals surface area contributed by atoms with Crippen LogP contribution in [0.3, 0.4) is 0 Å². The number of rotatable bonds is 4. The second kappa shape index (κ2) is 12.8. The Morgan fingerprint density at radius 3 is 1.58 bits per heavy atom. The van der Waals surface area contributed by atoms with Crippen LogP contribution in [0.25, 0.3) is 77.2 Å². The fourth-order valence-electron chi connectivity index (χ4n) is 12.1. The van der Waals surface area contributed by atoms with Crippen LogP contribution in [-0.2, 0) is 10.8 Å². The van der Waals surface area contributed by atoms with E-state index >= 15 is 0 Å². The highest BCUT2D eigenvalue weighted by Crippen LogP contribution is 2.64. The number of furan rings is 1. The number of hydrogen-bond donors (Lipinski definition) is 0. The molecule has 0 aliphatic heterocycles. The van der Waals surface area contributed by atoms with Gasteiger partial charge >= 0.3 is 0 Å². The van der Waals surface area contributed by atoms with Gasteiger partial charge in [0.25, 0.3) is 0 Å². The van der Waals surface area contributed by atoms with Crippen molar-refractivity contribution in [2.24, 2.45) is 0 Å². The molecule has 2 heteroatoms. The summed E-state index contributed by atoms with van der Waals surface area (Å²) in [5.74, 6) is 0. The Labute approximate surface area is 372 Å². The summed E-state index contributed by atoms with van der Waals surface area (Å²) in [4.78, 5) is 2.55. The molecule has 0 N–H and O–H groups in total. The number of hydrogen-bond acceptors (Lipinski definition) is 2. The van der Waals surface area contributed by atoms with E-state index in [-0.39, 0.29) is 5.41 Å². The van der Waals surface area contributed by atoms with Gasteiger partial charge < -0.3 is 9.32 Å². The van der Waals surface area contributed by atoms with Crippen LogP contribution in [-0.4, -0.2) is 0 Å². The van der Waals surface area contributed by atoms with Gasteiger partial charge in [0, 0.05) is 38.6 Å². The molecule has 0 bridgehead atoms. The lowest BCUT2D eigenvalue weighted by Gasteiger charge is -2.33. The maximum Gasteiger partial charge on any atom is 0.143 e. The van der Waals surface area contributed by atoms with Crippen LogP contribution in [0.4, 0.5) is 17.1 Å². The van der Waals surface area contributed by atoms with E-state index in [0.717, 1.165) is 50.1 Å². The molecule has 0 atom stereocenters. The van der Waals surface area contributed by atoms with Crippen molar-refractivity contribution in [2.75, 3.05) is 4.90 Å². The van der Waals surface area contributed by atoms with Crippen molar-refractivity contribution >= 4 is 49.8 Å². The van der Waals surface area contributed by atoms with Gasteiger partial charge in [-0.05, 0) is 108 Å². The van der Waals surface area contributed by atoms with Crippen LogP contribution < -0.4 is 4.90 Å². The lowest BCUT2D eigenvalue weighted by molar-refractivity contribution is 0.660. The molecule has 11 aromatic rings. The lowest BCUT2D eigenvalue weighted by atomic mass is 9.70. The average molecular weight is 816 g/mol. The fourth-order valence-corrected chi connectivity index (χ4v) is 12.1. The molecule has 14 rings (SSSR count). The molecule has 0 fully saturated rings. The largest absolute Gasteiger partial charge is 0.455 e. The van der Waals surface area contributed by atoms with Gasteiger partial charge in [0.1, 0.15) is 11.2 Å². The number of nitrogens with zero attached hydrogens (tertiary/aromatic N) is 1. The van der Waals surface area contributed by atoms with Gasteiger partial charge in [0.05, 0.1) is 16.8 Å². The van der Waals surface area contributed by atoms with Gasteiger partial charge in [-0.25, -0.2) is 0 Å². The van der Waals surface area contributed by atoms with Crippen LogP contribution in [0.1, 0.15) is 47.2 Å². The number of benzene rings is 10. The summed E-state index contributed by atoms with van der Waals surface area (Å²) in [6.07, 6.45) is 0. The van der Waals surface area contributed by atoms with E-state index in [9.17, 15) is 0 Å². The van der Waals surface area contributed by atoms with Crippen molar-refractivity contribution in [3.8, 4) is 44.5 Å². The van der Waals surface area contributed by atoms with Gasteiger partial charge in [-0.3, -0.25) is 0 Å². The zero-order chi connectivity index (χ0) is 42.3. The van der Waals surface area contributed by atoms with E-state index in [1.54, 1.807) is 0 Å². The maximum atomic E-state index is 6.95. The molecule has 64 heavy (non-hydrogen) atoms. The molecular formula is C62H41NO. The molecule has 300 valence electrons. The number of para-hydroxylation sites is 2. The molecular weight excluding hydrogens is 775 g/mol. The summed E-state index contributed by atoms with van der Waals surface area (Å²) in [7, 11) is 0. The highest BCUT2D eigenvalue weighted by atomic mass is 16.3. The fraction of sp³-hybridized carbons (Fsp3) is 0.0645. The number of anilines is 3. The third-order valence-electron chi connectivity index (χ3n) is 14.9. The molecule has 1 aromatic heterocycles. The quantitative estimate of drug-likeness (QED) is 0.176. The third-order valence-corrected chi connectivity index (χ3v) is 14.9. The minimum absolute atomic E-state index is 0.169. The Hall–Kier alpha value is -7.94. The van der Waals surface area contributed by atoms with Crippen molar-refractivity contribution in [1.29, 1.82) is 0 Å². The Bertz CT molecular complexity index is 3730. The summed E-state index contributed by atoms with van der Waals surface area (Å²) in [6.45, 7) is 4.74. The smallest absolute Gasteiger partial charge is 0.143 e. The molecule has 1 heterocycles. The zero-order valence-corrected chi connectivity index (χ0v) is 35.6. The van der Waals surface area contributed by atoms with Crippen molar-refractivity contribution in [1.82, 2.24) is 0 Å². The van der Waals surface area contributed by atoms with E-state index in [0.29, 0.717) is 0 Å². The van der Waals surface area contributed by atoms with Crippen LogP contribution in [0.2, 0.25) is 0 Å². The SMILES string of the molecule is CC1(C)c2ccccc2-c2c(N(c3ccc4c(c3)C3(c5ccccc5-c5ccccc53)c3ccccc3-4)c3ccccc3-c3cccc4c3oc3cc5ccccc5cc34)cccc21. The van der Waals surface area contributed by atoms with Crippen molar-refractivity contribution in [2.45, 2.75) is 24.7 Å². The highest BCUT2D eigenvalue weighted by molar-refractivity contribution is 6.14. The second-order valence-corrected chi connectivity index (χ2v) is 18.3. The summed E-state index contributed by atoms with van der Waals surface area (Å²) in [6, 6.07) is 79.0. The van der Waals surface area contributed by atoms with Gasteiger partial charge in [0.15, 0.2) is 0 Å². The zero-order valence-electron chi connectivity index (χ0n) is 35.6. The van der Waals surface area contributed by atoms with Crippen LogP contribution in [0.15, 0.2) is 217 Å². The lowest BCUT2D eigenvalue weighted by Crippen LogP contribution is -2.26. The van der Waals surface area contributed by atoms with Crippen molar-refractivity contribution < 1.29 is 4.42 Å². The van der Waals surface area contributed by atoms with Gasteiger partial charge in [-0.2, -0.15) is 0 Å². The van der Waals surface area contributed by atoms with E-state index in [4.69, 9.17) is 4.42 Å². The van der Waals surface area contributed by atoms with Gasteiger partial charge in [-0.15, -0.1) is 0 Å². The number of fused-ring (bicyclic) bond motifs is 17. The molecule has 2 nitrogen and oxygen atoms in total. The molecule has 3 aliphatic carbocycles. The van der Waals surface area contributed by atoms with E-state index in [2.05, 4.69) is 231 Å². The van der Waals surface area contributed by atoms with E-state index in [1.165, 1.54) is 77.5 Å². The molecule has 1 spiro atoms. The van der Waals surface area contributed by atoms with Gasteiger partial charge in [-0.1, -0.05) is 190 Å². The predicted octanol–water partition coefficient (Wildman–Crippen LogP) is 16.5. The molecule has 0 saturated heterocycles. The Morgan fingerprint density at radius 2 is 0.875 bits per heavy atom. The average Bonchev–Trinajstić information content (AvgIpc) is 4.03. The summed E-state index contributed by atoms with van der Waals surface area (Å²) in [5, 5.41) is 4.63. The topological polar surface area (TPSA) is 16.4 Å². The Kier molecular flexibility index (Phi) is 7.13. The van der Waals surface area contributed by atoms with Crippen molar-refractivity contribution in [3.05, 3.63) is 246 Å². The summed E-state index contributed by atoms with van der Waals surface area (Å²) in [5.41, 5.74) is 22.5. The van der Waals surface area contributed by atoms with Crippen molar-refractivity contribution in [3.63, 3.8) is 0 Å². The minimum atomic E-state index is -0.475. The van der Waals surface area contributed by atoms with Crippen LogP contribution in [0.5, 0.6) is 0 Å². The summed E-state index contributed by atoms with van der Waals surface area (Å²) < 4.78 is 6.95. The summed E-state index contributed by atoms with van der Waals surface area (Å²) >= 11 is 0. The monoisotopic (exact) mass is 815 g/mol. The minimum Gasteiger partial charge on any atom is -0.455 e. The second-order valence-electron chi connectivity index (χ2n) is 18.3. The standard InChI is InChI=1S/C62H41NO/c1-61(2)50-26-10-8-23-48(50)59-54(61)30-16-32-57(59)63(56-31-14-9-22-45(56)46-24-15-25-47-49-35-38-17-3-4-18-39(38)36-58(49)64-60(46)47)40-33-34-44-43-21-7-13-29-53(43)62(55(44)37-40)51-27-11-5-19-41(51)42-20-6-12-28-52(42)62/h3-37H,1-2H3. The van der Waals surface area contributed by atoms with Crippen LogP contribution in [0, 0.1) is 0 Å². The Balaban J connectivity index is 1.07. The third kappa shape index (κ3) is 4.54. The molecule has 0 saturated carbocycles. The molecule has 0 unspecified atom stereocenters. The van der Waals surface area contributed by atoms with Gasteiger partial charge in [0.2, 0.25) is 0 Å². The highest BCUT2D eigenvalue weighted by Gasteiger charge is 2.52. The normalized spacial score (nSPS) is 14.3. The maximum absolute atomic E-state index is 6.95. The predicted molar refractivity (Wildman–Crippen MR) is 265 cm³/mol. The first-order valence-corrected chi connectivity index (χ1v) is 22.4. The first-order valence-electron chi connectivity index (χ1n) is 22.4. The first kappa shape index (κ1) is 35.6. The molecule has 0 amide bonds. The van der Waals surface area contributed by atoms with Crippen LogP contribution >= 0.6 is 0 Å². The van der Waals surface area contributed by atoms with E-state index in [1.807, 2.05) is 0 Å². The first-order chi connectivity index (χ1) is 31.5. The van der Waals surface area contributed by atoms with E-state index < -0.39 is 5.41 Å². The molecule has 0 radical (unpaired) electrons. The Morgan fingerprint density at radius 1 is 0.359 bits per heavy atom. The molecule has 10 aromatic carbocycles.